The van der Waals surface area contributed by atoms with Crippen molar-refractivity contribution in [3.63, 3.8) is 0 Å². The van der Waals surface area contributed by atoms with E-state index >= 15 is 0 Å². The first kappa shape index (κ1) is 21.7. The fourth-order valence-corrected chi connectivity index (χ4v) is 1.81. The standard InChI is InChI=1S/C12H24O2.C4H11NO/c1-2-3-4-5-6-7-8-9-10-11-12(13)14;1-3-5(6)4-2/h2-11H2,1H3,(H,13,14);6H,3-4H2,1-2H3. The van der Waals surface area contributed by atoms with Gasteiger partial charge in [-0.05, 0) is 6.42 Å². The Morgan fingerprint density at radius 2 is 1.20 bits per heavy atom. The number of hydrogen-bond donors (Lipinski definition) is 2. The van der Waals surface area contributed by atoms with Crippen LogP contribution in [0.1, 0.15) is 85.0 Å². The lowest BCUT2D eigenvalue weighted by molar-refractivity contribution is -0.137. The lowest BCUT2D eigenvalue weighted by atomic mass is 10.1. The van der Waals surface area contributed by atoms with Crippen molar-refractivity contribution in [3.8, 4) is 0 Å². The summed E-state index contributed by atoms with van der Waals surface area (Å²) in [6, 6.07) is 0. The molecule has 0 radical (unpaired) electrons. The van der Waals surface area contributed by atoms with E-state index < -0.39 is 5.97 Å². The largest absolute Gasteiger partial charge is 0.481 e. The van der Waals surface area contributed by atoms with Gasteiger partial charge in [0.05, 0.1) is 0 Å². The topological polar surface area (TPSA) is 60.8 Å². The van der Waals surface area contributed by atoms with Gasteiger partial charge in [0.1, 0.15) is 0 Å². The molecule has 0 heterocycles. The van der Waals surface area contributed by atoms with Crippen molar-refractivity contribution in [1.29, 1.82) is 0 Å². The van der Waals surface area contributed by atoms with Crippen LogP contribution in [0.25, 0.3) is 0 Å². The molecule has 0 unspecified atom stereocenters. The molecule has 0 amide bonds. The molecule has 2 N–H and O–H groups in total. The average Bonchev–Trinajstić information content (AvgIpc) is 2.45. The SMILES string of the molecule is CCCCCCCCCCCC(=O)O.CCN(O)CC. The van der Waals surface area contributed by atoms with Crippen molar-refractivity contribution in [2.45, 2.75) is 85.0 Å². The number of rotatable bonds is 12. The second-order valence-corrected chi connectivity index (χ2v) is 5.11. The molecule has 0 rings (SSSR count). The van der Waals surface area contributed by atoms with E-state index in [9.17, 15) is 4.79 Å². The highest BCUT2D eigenvalue weighted by Gasteiger charge is 1.96. The van der Waals surface area contributed by atoms with Gasteiger partial charge in [0.25, 0.3) is 0 Å². The third-order valence-corrected chi connectivity index (χ3v) is 3.22. The first-order valence-corrected chi connectivity index (χ1v) is 8.24. The molecule has 0 aliphatic carbocycles. The number of carboxylic acids is 1. The van der Waals surface area contributed by atoms with E-state index in [2.05, 4.69) is 6.92 Å². The number of nitrogens with zero attached hydrogens (tertiary/aromatic N) is 1. The number of hydrogen-bond acceptors (Lipinski definition) is 3. The van der Waals surface area contributed by atoms with Gasteiger partial charge in [-0.2, -0.15) is 5.06 Å². The van der Waals surface area contributed by atoms with Crippen molar-refractivity contribution in [2.24, 2.45) is 0 Å². The number of unbranched alkanes of at least 4 members (excludes halogenated alkanes) is 8. The molecule has 0 aromatic heterocycles. The Morgan fingerprint density at radius 1 is 0.800 bits per heavy atom. The normalized spacial score (nSPS) is 10.2. The van der Waals surface area contributed by atoms with Crippen molar-refractivity contribution < 1.29 is 15.1 Å². The van der Waals surface area contributed by atoms with Gasteiger partial charge in [-0.25, -0.2) is 0 Å². The molecule has 0 aliphatic heterocycles. The Labute approximate surface area is 125 Å². The van der Waals surface area contributed by atoms with Crippen molar-refractivity contribution in [1.82, 2.24) is 5.06 Å². The molecule has 4 nitrogen and oxygen atoms in total. The smallest absolute Gasteiger partial charge is 0.303 e. The molecule has 0 aromatic carbocycles. The van der Waals surface area contributed by atoms with Crippen LogP contribution >= 0.6 is 0 Å². The predicted octanol–water partition coefficient (Wildman–Crippen LogP) is 4.71. The molecule has 122 valence electrons. The van der Waals surface area contributed by atoms with Crippen LogP contribution in [0.4, 0.5) is 0 Å². The fraction of sp³-hybridized carbons (Fsp3) is 0.938. The molecule has 0 atom stereocenters. The van der Waals surface area contributed by atoms with Gasteiger partial charge in [-0.15, -0.1) is 0 Å². The van der Waals surface area contributed by atoms with E-state index in [4.69, 9.17) is 10.3 Å². The third kappa shape index (κ3) is 22.6. The van der Waals surface area contributed by atoms with Crippen LogP contribution in [0, 0.1) is 0 Å². The van der Waals surface area contributed by atoms with Crippen LogP contribution < -0.4 is 0 Å². The highest BCUT2D eigenvalue weighted by molar-refractivity contribution is 5.66. The summed E-state index contributed by atoms with van der Waals surface area (Å²) >= 11 is 0. The first-order valence-electron chi connectivity index (χ1n) is 8.24. The van der Waals surface area contributed by atoms with Gasteiger partial charge in [0, 0.05) is 19.5 Å². The maximum Gasteiger partial charge on any atom is 0.303 e. The minimum atomic E-state index is -0.659. The van der Waals surface area contributed by atoms with Gasteiger partial charge in [0.15, 0.2) is 0 Å². The summed E-state index contributed by atoms with van der Waals surface area (Å²) in [5, 5.41) is 18.2. The minimum Gasteiger partial charge on any atom is -0.481 e. The van der Waals surface area contributed by atoms with Crippen molar-refractivity contribution >= 4 is 5.97 Å². The zero-order valence-electron chi connectivity index (χ0n) is 13.7. The molecule has 20 heavy (non-hydrogen) atoms. The van der Waals surface area contributed by atoms with Crippen LogP contribution in [0.5, 0.6) is 0 Å². The highest BCUT2D eigenvalue weighted by atomic mass is 16.5. The quantitative estimate of drug-likeness (QED) is 0.403. The molecular weight excluding hydrogens is 254 g/mol. The molecule has 0 spiro atoms. The lowest BCUT2D eigenvalue weighted by Crippen LogP contribution is -2.16. The second-order valence-electron chi connectivity index (χ2n) is 5.11. The van der Waals surface area contributed by atoms with E-state index in [0.29, 0.717) is 6.42 Å². The van der Waals surface area contributed by atoms with E-state index in [-0.39, 0.29) is 0 Å². The molecule has 0 aromatic rings. The summed E-state index contributed by atoms with van der Waals surface area (Å²) in [4.78, 5) is 10.2. The Balaban J connectivity index is 0. The average molecular weight is 289 g/mol. The van der Waals surface area contributed by atoms with Crippen molar-refractivity contribution in [2.75, 3.05) is 13.1 Å². The lowest BCUT2D eigenvalue weighted by Gasteiger charge is -2.05. The van der Waals surface area contributed by atoms with E-state index in [1.165, 1.54) is 50.0 Å². The maximum atomic E-state index is 10.2. The van der Waals surface area contributed by atoms with Gasteiger partial charge in [-0.1, -0.05) is 72.1 Å². The minimum absolute atomic E-state index is 0.343. The Bertz CT molecular complexity index is 194. The molecular formula is C16H35NO3. The van der Waals surface area contributed by atoms with Crippen molar-refractivity contribution in [3.05, 3.63) is 0 Å². The zero-order chi connectivity index (χ0) is 15.6. The Hall–Kier alpha value is -0.610. The number of hydroxylamine groups is 2. The monoisotopic (exact) mass is 289 g/mol. The summed E-state index contributed by atoms with van der Waals surface area (Å²) < 4.78 is 0. The van der Waals surface area contributed by atoms with Gasteiger partial charge < -0.3 is 10.3 Å². The van der Waals surface area contributed by atoms with Crippen LogP contribution in [-0.4, -0.2) is 34.4 Å². The van der Waals surface area contributed by atoms with Crippen LogP contribution in [0.15, 0.2) is 0 Å². The summed E-state index contributed by atoms with van der Waals surface area (Å²) in [7, 11) is 0. The summed E-state index contributed by atoms with van der Waals surface area (Å²) in [6.07, 6.45) is 11.5. The predicted molar refractivity (Wildman–Crippen MR) is 84.2 cm³/mol. The van der Waals surface area contributed by atoms with Crippen LogP contribution in [0.3, 0.4) is 0 Å². The zero-order valence-corrected chi connectivity index (χ0v) is 13.7. The second kappa shape index (κ2) is 18.4. The van der Waals surface area contributed by atoms with Gasteiger partial charge in [0.2, 0.25) is 0 Å². The van der Waals surface area contributed by atoms with Gasteiger partial charge in [-0.3, -0.25) is 4.79 Å². The van der Waals surface area contributed by atoms with E-state index in [1.807, 2.05) is 13.8 Å². The Kier molecular flexibility index (Phi) is 19.9. The number of carbonyl (C=O) groups is 1. The number of carboxylic acid groups (broad SMARTS) is 1. The molecule has 4 heteroatoms. The van der Waals surface area contributed by atoms with Crippen LogP contribution in [0.2, 0.25) is 0 Å². The molecule has 0 saturated heterocycles. The summed E-state index contributed by atoms with van der Waals surface area (Å²) in [6.45, 7) is 7.48. The molecule has 0 fully saturated rings. The molecule has 0 saturated carbocycles. The van der Waals surface area contributed by atoms with Gasteiger partial charge >= 0.3 is 5.97 Å². The Morgan fingerprint density at radius 3 is 1.50 bits per heavy atom. The fourth-order valence-electron chi connectivity index (χ4n) is 1.81. The molecule has 0 bridgehead atoms. The number of aliphatic carboxylic acids is 1. The third-order valence-electron chi connectivity index (χ3n) is 3.22. The highest BCUT2D eigenvalue weighted by Crippen LogP contribution is 2.10. The van der Waals surface area contributed by atoms with E-state index in [1.54, 1.807) is 0 Å². The first-order chi connectivity index (χ1) is 9.58. The van der Waals surface area contributed by atoms with E-state index in [0.717, 1.165) is 25.9 Å². The maximum absolute atomic E-state index is 10.2. The summed E-state index contributed by atoms with van der Waals surface area (Å²) in [5.74, 6) is -0.659. The summed E-state index contributed by atoms with van der Waals surface area (Å²) in [5.41, 5.74) is 0. The molecule has 0 aliphatic rings. The van der Waals surface area contributed by atoms with Crippen LogP contribution in [-0.2, 0) is 4.79 Å².